The summed E-state index contributed by atoms with van der Waals surface area (Å²) in [5.74, 6) is 1.03. The molecule has 174 valence electrons. The van der Waals surface area contributed by atoms with Crippen LogP contribution in [-0.4, -0.2) is 73.0 Å². The molecule has 33 heavy (non-hydrogen) atoms. The number of carbonyl (C=O) groups excluding carboxylic acids is 2. The Labute approximate surface area is 194 Å². The molecule has 1 aliphatic heterocycles. The molecule has 0 bridgehead atoms. The van der Waals surface area contributed by atoms with E-state index in [1.165, 1.54) is 5.56 Å². The Bertz CT molecular complexity index is 1100. The molecule has 1 fully saturated rings. The molecule has 0 atom stereocenters. The number of rotatable bonds is 8. The van der Waals surface area contributed by atoms with Crippen LogP contribution in [0.4, 0.5) is 0 Å². The van der Waals surface area contributed by atoms with Crippen molar-refractivity contribution in [1.82, 2.24) is 20.1 Å². The minimum atomic E-state index is 0.0441. The highest BCUT2D eigenvalue weighted by Crippen LogP contribution is 2.32. The highest BCUT2D eigenvalue weighted by atomic mass is 16.5. The van der Waals surface area contributed by atoms with Crippen LogP contribution in [0.1, 0.15) is 18.9 Å². The highest BCUT2D eigenvalue weighted by Gasteiger charge is 2.23. The van der Waals surface area contributed by atoms with Crippen molar-refractivity contribution in [1.29, 1.82) is 0 Å². The molecule has 2 heterocycles. The van der Waals surface area contributed by atoms with Crippen LogP contribution in [0.5, 0.6) is 5.75 Å². The van der Waals surface area contributed by atoms with E-state index < -0.39 is 0 Å². The van der Waals surface area contributed by atoms with E-state index in [1.807, 2.05) is 48.2 Å². The van der Waals surface area contributed by atoms with Crippen molar-refractivity contribution in [2.75, 3.05) is 46.4 Å². The Morgan fingerprint density at radius 1 is 1.03 bits per heavy atom. The zero-order chi connectivity index (χ0) is 23.2. The van der Waals surface area contributed by atoms with Gasteiger partial charge in [-0.1, -0.05) is 18.2 Å². The second kappa shape index (κ2) is 10.5. The maximum atomic E-state index is 13.0. The van der Waals surface area contributed by atoms with Gasteiger partial charge in [0.05, 0.1) is 13.7 Å². The van der Waals surface area contributed by atoms with Gasteiger partial charge in [0.15, 0.2) is 0 Å². The molecule has 3 aromatic rings. The fourth-order valence-electron chi connectivity index (χ4n) is 4.47. The van der Waals surface area contributed by atoms with E-state index in [-0.39, 0.29) is 11.8 Å². The van der Waals surface area contributed by atoms with Gasteiger partial charge in [0, 0.05) is 55.7 Å². The summed E-state index contributed by atoms with van der Waals surface area (Å²) >= 11 is 0. The van der Waals surface area contributed by atoms with Gasteiger partial charge in [-0.25, -0.2) is 0 Å². The average molecular weight is 449 g/mol. The van der Waals surface area contributed by atoms with Crippen molar-refractivity contribution in [3.8, 4) is 17.0 Å². The van der Waals surface area contributed by atoms with Gasteiger partial charge in [-0.2, -0.15) is 0 Å². The van der Waals surface area contributed by atoms with Gasteiger partial charge < -0.3 is 19.9 Å². The first-order chi connectivity index (χ1) is 16.1. The second-order valence-corrected chi connectivity index (χ2v) is 8.36. The summed E-state index contributed by atoms with van der Waals surface area (Å²) in [7, 11) is 1.66. The van der Waals surface area contributed by atoms with E-state index in [0.29, 0.717) is 39.0 Å². The Balaban J connectivity index is 1.43. The molecule has 7 nitrogen and oxygen atoms in total. The van der Waals surface area contributed by atoms with Crippen molar-refractivity contribution in [3.63, 3.8) is 0 Å². The van der Waals surface area contributed by atoms with Crippen LogP contribution in [0.2, 0.25) is 0 Å². The van der Waals surface area contributed by atoms with Crippen molar-refractivity contribution < 1.29 is 14.3 Å². The zero-order valence-electron chi connectivity index (χ0n) is 19.4. The molecule has 7 heteroatoms. The minimum absolute atomic E-state index is 0.0441. The van der Waals surface area contributed by atoms with Gasteiger partial charge in [0.2, 0.25) is 11.8 Å². The first-order valence-corrected chi connectivity index (χ1v) is 11.6. The van der Waals surface area contributed by atoms with E-state index in [1.54, 1.807) is 7.11 Å². The Morgan fingerprint density at radius 2 is 1.76 bits per heavy atom. The van der Waals surface area contributed by atoms with Gasteiger partial charge in [-0.15, -0.1) is 0 Å². The first kappa shape index (κ1) is 22.9. The van der Waals surface area contributed by atoms with E-state index in [4.69, 9.17) is 4.74 Å². The van der Waals surface area contributed by atoms with Gasteiger partial charge in [0.25, 0.3) is 0 Å². The van der Waals surface area contributed by atoms with Gasteiger partial charge in [-0.3, -0.25) is 14.5 Å². The molecule has 2 N–H and O–H groups in total. The Morgan fingerprint density at radius 3 is 2.45 bits per heavy atom. The van der Waals surface area contributed by atoms with Crippen LogP contribution >= 0.6 is 0 Å². The number of benzene rings is 2. The highest BCUT2D eigenvalue weighted by molar-refractivity contribution is 5.91. The third-order valence-corrected chi connectivity index (χ3v) is 6.25. The fourth-order valence-corrected chi connectivity index (χ4v) is 4.47. The molecule has 1 aromatic heterocycles. The zero-order valence-corrected chi connectivity index (χ0v) is 19.4. The maximum Gasteiger partial charge on any atom is 0.234 e. The van der Waals surface area contributed by atoms with E-state index in [0.717, 1.165) is 41.0 Å². The number of piperazine rings is 1. The lowest BCUT2D eigenvalue weighted by molar-refractivity contribution is -0.133. The number of methoxy groups -OCH3 is 1. The number of para-hydroxylation sites is 1. The number of fused-ring (bicyclic) bond motifs is 1. The first-order valence-electron chi connectivity index (χ1n) is 11.6. The third kappa shape index (κ3) is 5.37. The normalized spacial score (nSPS) is 14.4. The predicted molar refractivity (Wildman–Crippen MR) is 130 cm³/mol. The number of ether oxygens (including phenoxy) is 1. The SMILES string of the molecule is CCNC(=O)CN1CCN(C(=O)CCc2c(-c3ccc(OC)cc3)[nH]c3ccccc23)CC1. The molecular formula is C26H32N4O3. The number of hydrogen-bond donors (Lipinski definition) is 2. The number of carbonyl (C=O) groups is 2. The van der Waals surface area contributed by atoms with Crippen molar-refractivity contribution in [2.45, 2.75) is 19.8 Å². The Hall–Kier alpha value is -3.32. The summed E-state index contributed by atoms with van der Waals surface area (Å²) in [6.07, 6.45) is 1.13. The number of H-pyrrole nitrogens is 1. The predicted octanol–water partition coefficient (Wildman–Crippen LogP) is 3.06. The minimum Gasteiger partial charge on any atom is -0.497 e. The summed E-state index contributed by atoms with van der Waals surface area (Å²) in [5, 5.41) is 3.99. The number of nitrogens with zero attached hydrogens (tertiary/aromatic N) is 2. The lowest BCUT2D eigenvalue weighted by Gasteiger charge is -2.34. The lowest BCUT2D eigenvalue weighted by atomic mass is 10.0. The molecule has 1 saturated heterocycles. The van der Waals surface area contributed by atoms with Crippen molar-refractivity contribution in [2.24, 2.45) is 0 Å². The number of aryl methyl sites for hydroxylation is 1. The van der Waals surface area contributed by atoms with Crippen LogP contribution in [0.25, 0.3) is 22.2 Å². The smallest absolute Gasteiger partial charge is 0.234 e. The van der Waals surface area contributed by atoms with E-state index in [2.05, 4.69) is 27.3 Å². The number of likely N-dealkylation sites (N-methyl/N-ethyl adjacent to an activating group) is 1. The third-order valence-electron chi connectivity index (χ3n) is 6.25. The lowest BCUT2D eigenvalue weighted by Crippen LogP contribution is -2.51. The maximum absolute atomic E-state index is 13.0. The average Bonchev–Trinajstić information content (AvgIpc) is 3.21. The molecule has 4 rings (SSSR count). The topological polar surface area (TPSA) is 77.7 Å². The number of hydrogen-bond acceptors (Lipinski definition) is 4. The fraction of sp³-hybridized carbons (Fsp3) is 0.385. The monoisotopic (exact) mass is 448 g/mol. The van der Waals surface area contributed by atoms with Crippen LogP contribution < -0.4 is 10.1 Å². The summed E-state index contributed by atoms with van der Waals surface area (Å²) < 4.78 is 5.30. The van der Waals surface area contributed by atoms with E-state index in [9.17, 15) is 9.59 Å². The molecule has 2 amide bonds. The number of aromatic amines is 1. The summed E-state index contributed by atoms with van der Waals surface area (Å²) in [5.41, 5.74) is 4.37. The Kier molecular flexibility index (Phi) is 7.29. The summed E-state index contributed by atoms with van der Waals surface area (Å²) in [6, 6.07) is 16.2. The largest absolute Gasteiger partial charge is 0.497 e. The van der Waals surface area contributed by atoms with Gasteiger partial charge >= 0.3 is 0 Å². The molecule has 0 unspecified atom stereocenters. The van der Waals surface area contributed by atoms with Gasteiger partial charge in [-0.05, 0) is 54.8 Å². The second-order valence-electron chi connectivity index (χ2n) is 8.36. The standard InChI is InChI=1S/C26H32N4O3/c1-3-27-24(31)18-29-14-16-30(17-15-29)25(32)13-12-22-21-6-4-5-7-23(21)28-26(22)19-8-10-20(33-2)11-9-19/h4-11,28H,3,12-18H2,1-2H3,(H,27,31). The molecule has 2 aromatic carbocycles. The van der Waals surface area contributed by atoms with Gasteiger partial charge in [0.1, 0.15) is 5.75 Å². The molecule has 0 saturated carbocycles. The molecule has 0 spiro atoms. The van der Waals surface area contributed by atoms with Crippen molar-refractivity contribution >= 4 is 22.7 Å². The van der Waals surface area contributed by atoms with Crippen LogP contribution in [0, 0.1) is 0 Å². The molecule has 0 radical (unpaired) electrons. The van der Waals surface area contributed by atoms with Crippen molar-refractivity contribution in [3.05, 3.63) is 54.1 Å². The number of nitrogens with one attached hydrogen (secondary N) is 2. The summed E-state index contributed by atoms with van der Waals surface area (Å²) in [6.45, 7) is 5.75. The number of amides is 2. The quantitative estimate of drug-likeness (QED) is 0.555. The summed E-state index contributed by atoms with van der Waals surface area (Å²) in [4.78, 5) is 32.4. The molecule has 0 aliphatic carbocycles. The van der Waals surface area contributed by atoms with Crippen LogP contribution in [0.3, 0.4) is 0 Å². The van der Waals surface area contributed by atoms with Crippen LogP contribution in [-0.2, 0) is 16.0 Å². The van der Waals surface area contributed by atoms with Crippen LogP contribution in [0.15, 0.2) is 48.5 Å². The van der Waals surface area contributed by atoms with E-state index >= 15 is 0 Å². The molecule has 1 aliphatic rings. The number of aromatic nitrogens is 1. The molecular weight excluding hydrogens is 416 g/mol.